The van der Waals surface area contributed by atoms with Crippen LogP contribution in [0.4, 0.5) is 5.69 Å². The third-order valence-electron chi connectivity index (χ3n) is 2.78. The minimum absolute atomic E-state index is 0.712. The van der Waals surface area contributed by atoms with Gasteiger partial charge < -0.3 is 5.32 Å². The first kappa shape index (κ1) is 12.7. The van der Waals surface area contributed by atoms with Crippen LogP contribution >= 0.6 is 11.6 Å². The molecule has 0 fully saturated rings. The molecule has 18 heavy (non-hydrogen) atoms. The highest BCUT2D eigenvalue weighted by Gasteiger charge is 2.03. The summed E-state index contributed by atoms with van der Waals surface area (Å²) >= 11 is 6.19. The lowest BCUT2D eigenvalue weighted by molar-refractivity contribution is 1.43. The number of rotatable bonds is 3. The van der Waals surface area contributed by atoms with Gasteiger partial charge in [0.05, 0.1) is 10.7 Å². The molecule has 0 radical (unpaired) electrons. The fraction of sp³-hybridized carbons (Fsp3) is 0.125. The van der Waals surface area contributed by atoms with Crippen molar-refractivity contribution in [2.75, 3.05) is 5.32 Å². The summed E-state index contributed by atoms with van der Waals surface area (Å²) in [7, 11) is 0. The van der Waals surface area contributed by atoms with E-state index in [9.17, 15) is 0 Å². The van der Waals surface area contributed by atoms with E-state index in [1.807, 2.05) is 37.3 Å². The predicted molar refractivity (Wildman–Crippen MR) is 80.0 cm³/mol. The van der Waals surface area contributed by atoms with Gasteiger partial charge in [-0.15, -0.1) is 0 Å². The van der Waals surface area contributed by atoms with Gasteiger partial charge in [0.1, 0.15) is 0 Å². The van der Waals surface area contributed by atoms with Crippen LogP contribution in [0, 0.1) is 13.8 Å². The molecule has 0 amide bonds. The Kier molecular flexibility index (Phi) is 3.73. The molecule has 0 aliphatic rings. The maximum atomic E-state index is 6.19. The van der Waals surface area contributed by atoms with Crippen LogP contribution in [0.3, 0.4) is 0 Å². The molecule has 0 atom stereocenters. The van der Waals surface area contributed by atoms with Gasteiger partial charge in [0.2, 0.25) is 0 Å². The van der Waals surface area contributed by atoms with Gasteiger partial charge in [-0.1, -0.05) is 48.0 Å². The summed E-state index contributed by atoms with van der Waals surface area (Å²) in [5.74, 6) is 0. The van der Waals surface area contributed by atoms with Crippen LogP contribution in [0.5, 0.6) is 0 Å². The van der Waals surface area contributed by atoms with Crippen LogP contribution in [0.1, 0.15) is 16.7 Å². The third-order valence-corrected chi connectivity index (χ3v) is 3.09. The fourth-order valence-corrected chi connectivity index (χ4v) is 2.07. The molecule has 0 saturated heterocycles. The normalized spacial score (nSPS) is 10.2. The molecule has 1 nitrogen and oxygen atoms in total. The van der Waals surface area contributed by atoms with E-state index in [4.69, 9.17) is 11.6 Å². The van der Waals surface area contributed by atoms with Gasteiger partial charge in [-0.25, -0.2) is 0 Å². The van der Waals surface area contributed by atoms with Gasteiger partial charge in [-0.3, -0.25) is 0 Å². The van der Waals surface area contributed by atoms with E-state index >= 15 is 0 Å². The summed E-state index contributed by atoms with van der Waals surface area (Å²) in [4.78, 5) is 0. The van der Waals surface area contributed by atoms with Crippen LogP contribution in [0.15, 0.2) is 49.0 Å². The van der Waals surface area contributed by atoms with Crippen LogP contribution in [0.25, 0.3) is 5.70 Å². The molecule has 1 N–H and O–H groups in total. The lowest BCUT2D eigenvalue weighted by Crippen LogP contribution is -1.98. The molecule has 0 aliphatic heterocycles. The first-order chi connectivity index (χ1) is 8.56. The predicted octanol–water partition coefficient (Wildman–Crippen LogP) is 5.04. The molecule has 0 spiro atoms. The first-order valence-corrected chi connectivity index (χ1v) is 6.23. The molecule has 2 rings (SSSR count). The Morgan fingerprint density at radius 1 is 1.06 bits per heavy atom. The van der Waals surface area contributed by atoms with Gasteiger partial charge in [-0.2, -0.15) is 0 Å². The van der Waals surface area contributed by atoms with Gasteiger partial charge in [0, 0.05) is 5.70 Å². The summed E-state index contributed by atoms with van der Waals surface area (Å²) in [6, 6.07) is 14.1. The summed E-state index contributed by atoms with van der Waals surface area (Å²) < 4.78 is 0. The summed E-state index contributed by atoms with van der Waals surface area (Å²) in [5.41, 5.74) is 5.17. The Hall–Kier alpha value is -1.73. The molecule has 0 unspecified atom stereocenters. The third kappa shape index (κ3) is 2.93. The number of benzene rings is 2. The molecule has 2 heteroatoms. The van der Waals surface area contributed by atoms with Gasteiger partial charge in [-0.05, 0) is 43.2 Å². The van der Waals surface area contributed by atoms with E-state index in [1.54, 1.807) is 0 Å². The van der Waals surface area contributed by atoms with Crippen LogP contribution < -0.4 is 5.32 Å². The molecule has 0 heterocycles. The van der Waals surface area contributed by atoms with Gasteiger partial charge in [0.15, 0.2) is 0 Å². The van der Waals surface area contributed by atoms with E-state index in [0.717, 1.165) is 22.5 Å². The second-order valence-corrected chi connectivity index (χ2v) is 4.86. The maximum Gasteiger partial charge on any atom is 0.0643 e. The summed E-state index contributed by atoms with van der Waals surface area (Å²) in [5, 5.41) is 3.97. The number of nitrogens with one attached hydrogen (secondary N) is 1. The van der Waals surface area contributed by atoms with Crippen molar-refractivity contribution in [1.29, 1.82) is 0 Å². The zero-order valence-corrected chi connectivity index (χ0v) is 11.4. The van der Waals surface area contributed by atoms with Crippen molar-refractivity contribution in [3.05, 3.63) is 70.8 Å². The first-order valence-electron chi connectivity index (χ1n) is 5.85. The summed E-state index contributed by atoms with van der Waals surface area (Å²) in [6.45, 7) is 8.14. The van der Waals surface area contributed by atoms with Crippen molar-refractivity contribution in [3.8, 4) is 0 Å². The van der Waals surface area contributed by atoms with E-state index in [-0.39, 0.29) is 0 Å². The van der Waals surface area contributed by atoms with Gasteiger partial charge >= 0.3 is 0 Å². The highest BCUT2D eigenvalue weighted by molar-refractivity contribution is 6.33. The van der Waals surface area contributed by atoms with Crippen molar-refractivity contribution in [3.63, 3.8) is 0 Å². The Balaban J connectivity index is 2.21. The molecular formula is C16H16ClN. The molecule has 92 valence electrons. The quantitative estimate of drug-likeness (QED) is 0.812. The summed E-state index contributed by atoms with van der Waals surface area (Å²) in [6.07, 6.45) is 0. The Labute approximate surface area is 113 Å². The monoisotopic (exact) mass is 257 g/mol. The van der Waals surface area contributed by atoms with E-state index in [1.165, 1.54) is 5.56 Å². The number of anilines is 1. The highest BCUT2D eigenvalue weighted by Crippen LogP contribution is 2.26. The molecule has 0 aromatic heterocycles. The zero-order valence-electron chi connectivity index (χ0n) is 10.6. The van der Waals surface area contributed by atoms with Crippen LogP contribution in [-0.4, -0.2) is 0 Å². The lowest BCUT2D eigenvalue weighted by atomic mass is 10.1. The Morgan fingerprint density at radius 3 is 2.44 bits per heavy atom. The second-order valence-electron chi connectivity index (χ2n) is 4.46. The molecule has 2 aromatic carbocycles. The van der Waals surface area contributed by atoms with E-state index in [0.29, 0.717) is 5.02 Å². The van der Waals surface area contributed by atoms with Crippen molar-refractivity contribution in [1.82, 2.24) is 0 Å². The smallest absolute Gasteiger partial charge is 0.0643 e. The topological polar surface area (TPSA) is 12.0 Å². The number of aryl methyl sites for hydroxylation is 2. The largest absolute Gasteiger partial charge is 0.354 e. The van der Waals surface area contributed by atoms with Crippen molar-refractivity contribution in [2.45, 2.75) is 13.8 Å². The minimum Gasteiger partial charge on any atom is -0.354 e. The molecular weight excluding hydrogens is 242 g/mol. The number of hydrogen-bond acceptors (Lipinski definition) is 1. The molecule has 0 saturated carbocycles. The highest BCUT2D eigenvalue weighted by atomic mass is 35.5. The van der Waals surface area contributed by atoms with Crippen molar-refractivity contribution < 1.29 is 0 Å². The lowest BCUT2D eigenvalue weighted by Gasteiger charge is -2.12. The Morgan fingerprint density at radius 2 is 1.78 bits per heavy atom. The average Bonchev–Trinajstić information content (AvgIpc) is 2.32. The fourth-order valence-electron chi connectivity index (χ4n) is 1.79. The SMILES string of the molecule is C=C(Nc1ccc(C)cc1Cl)c1cccc(C)c1. The van der Waals surface area contributed by atoms with Crippen LogP contribution in [-0.2, 0) is 0 Å². The average molecular weight is 258 g/mol. The maximum absolute atomic E-state index is 6.19. The Bertz CT molecular complexity index is 587. The minimum atomic E-state index is 0.712. The zero-order chi connectivity index (χ0) is 13.1. The van der Waals surface area contributed by atoms with Crippen LogP contribution in [0.2, 0.25) is 5.02 Å². The number of halogens is 1. The molecule has 0 bridgehead atoms. The standard InChI is InChI=1S/C16H16ClN/c1-11-5-4-6-14(9-11)13(3)18-16-8-7-12(2)10-15(16)17/h4-10,18H,3H2,1-2H3. The van der Waals surface area contributed by atoms with Crippen molar-refractivity contribution in [2.24, 2.45) is 0 Å². The van der Waals surface area contributed by atoms with Crippen molar-refractivity contribution >= 4 is 23.0 Å². The molecule has 2 aromatic rings. The second kappa shape index (κ2) is 5.28. The van der Waals surface area contributed by atoms with Gasteiger partial charge in [0.25, 0.3) is 0 Å². The van der Waals surface area contributed by atoms with E-state index < -0.39 is 0 Å². The number of hydrogen-bond donors (Lipinski definition) is 1. The van der Waals surface area contributed by atoms with E-state index in [2.05, 4.69) is 31.0 Å². The molecule has 0 aliphatic carbocycles.